The van der Waals surface area contributed by atoms with Crippen molar-refractivity contribution in [1.82, 2.24) is 20.0 Å². The van der Waals surface area contributed by atoms with Crippen molar-refractivity contribution in [3.05, 3.63) is 22.3 Å². The van der Waals surface area contributed by atoms with Crippen LogP contribution in [0.25, 0.3) is 0 Å². The molecular weight excluding hydrogens is 210 g/mol. The summed E-state index contributed by atoms with van der Waals surface area (Å²) in [7, 11) is 0. The SMILES string of the molecule is Nc1cnn(Cc2csc(C3CC3)n2)n1. The molecule has 1 fully saturated rings. The monoisotopic (exact) mass is 221 g/mol. The maximum atomic E-state index is 5.48. The fourth-order valence-electron chi connectivity index (χ4n) is 1.44. The van der Waals surface area contributed by atoms with Gasteiger partial charge in [0.2, 0.25) is 0 Å². The molecule has 1 aliphatic carbocycles. The Hall–Kier alpha value is -1.43. The predicted octanol–water partition coefficient (Wildman–Crippen LogP) is 1.24. The lowest BCUT2D eigenvalue weighted by Gasteiger charge is -1.94. The average Bonchev–Trinajstić information content (AvgIpc) is 2.84. The van der Waals surface area contributed by atoms with Crippen LogP contribution in [0.3, 0.4) is 0 Å². The summed E-state index contributed by atoms with van der Waals surface area (Å²) >= 11 is 1.73. The van der Waals surface area contributed by atoms with E-state index < -0.39 is 0 Å². The molecule has 0 saturated heterocycles. The van der Waals surface area contributed by atoms with Crippen molar-refractivity contribution in [2.75, 3.05) is 5.73 Å². The van der Waals surface area contributed by atoms with Crippen LogP contribution >= 0.6 is 11.3 Å². The van der Waals surface area contributed by atoms with Crippen molar-refractivity contribution in [3.8, 4) is 0 Å². The zero-order chi connectivity index (χ0) is 10.3. The molecule has 0 aromatic carbocycles. The van der Waals surface area contributed by atoms with Gasteiger partial charge in [0.25, 0.3) is 0 Å². The van der Waals surface area contributed by atoms with E-state index in [-0.39, 0.29) is 0 Å². The molecule has 0 atom stereocenters. The average molecular weight is 221 g/mol. The summed E-state index contributed by atoms with van der Waals surface area (Å²) in [5.74, 6) is 1.17. The molecule has 2 heterocycles. The first-order valence-corrected chi connectivity index (χ1v) is 5.79. The minimum Gasteiger partial charge on any atom is -0.381 e. The molecule has 1 saturated carbocycles. The van der Waals surface area contributed by atoms with E-state index in [1.54, 1.807) is 22.3 Å². The number of hydrogen-bond donors (Lipinski definition) is 1. The van der Waals surface area contributed by atoms with Crippen LogP contribution in [-0.4, -0.2) is 20.0 Å². The lowest BCUT2D eigenvalue weighted by molar-refractivity contribution is 0.584. The normalized spacial score (nSPS) is 15.7. The minimum absolute atomic E-state index is 0.452. The number of aromatic nitrogens is 4. The third-order valence-corrected chi connectivity index (χ3v) is 3.41. The van der Waals surface area contributed by atoms with Crippen LogP contribution < -0.4 is 5.73 Å². The fourth-order valence-corrected chi connectivity index (χ4v) is 2.43. The summed E-state index contributed by atoms with van der Waals surface area (Å²) in [5, 5.41) is 11.4. The maximum absolute atomic E-state index is 5.48. The highest BCUT2D eigenvalue weighted by Crippen LogP contribution is 2.41. The molecule has 2 aromatic rings. The Morgan fingerprint density at radius 1 is 1.53 bits per heavy atom. The van der Waals surface area contributed by atoms with Gasteiger partial charge >= 0.3 is 0 Å². The van der Waals surface area contributed by atoms with E-state index in [0.717, 1.165) is 11.6 Å². The molecule has 3 rings (SSSR count). The van der Waals surface area contributed by atoms with E-state index in [2.05, 4.69) is 20.6 Å². The van der Waals surface area contributed by atoms with Crippen LogP contribution in [0, 0.1) is 0 Å². The van der Waals surface area contributed by atoms with Gasteiger partial charge in [0.1, 0.15) is 6.54 Å². The second kappa shape index (κ2) is 3.30. The second-order valence-corrected chi connectivity index (χ2v) is 4.64. The quantitative estimate of drug-likeness (QED) is 0.846. The van der Waals surface area contributed by atoms with Crippen molar-refractivity contribution >= 4 is 17.2 Å². The molecule has 0 radical (unpaired) electrons. The summed E-state index contributed by atoms with van der Waals surface area (Å²) in [6.07, 6.45) is 4.13. The zero-order valence-corrected chi connectivity index (χ0v) is 8.94. The van der Waals surface area contributed by atoms with E-state index >= 15 is 0 Å². The van der Waals surface area contributed by atoms with E-state index in [1.807, 2.05) is 0 Å². The first-order valence-electron chi connectivity index (χ1n) is 4.91. The predicted molar refractivity (Wildman–Crippen MR) is 57.6 cm³/mol. The number of anilines is 1. The molecule has 0 aliphatic heterocycles. The summed E-state index contributed by atoms with van der Waals surface area (Å²) in [5.41, 5.74) is 6.51. The molecule has 0 amide bonds. The summed E-state index contributed by atoms with van der Waals surface area (Å²) in [6.45, 7) is 0.612. The highest BCUT2D eigenvalue weighted by molar-refractivity contribution is 7.09. The van der Waals surface area contributed by atoms with Gasteiger partial charge in [0.15, 0.2) is 5.82 Å². The highest BCUT2D eigenvalue weighted by Gasteiger charge is 2.26. The number of nitrogens with two attached hydrogens (primary N) is 1. The molecule has 15 heavy (non-hydrogen) atoms. The van der Waals surface area contributed by atoms with Crippen molar-refractivity contribution in [2.45, 2.75) is 25.3 Å². The van der Waals surface area contributed by atoms with Crippen molar-refractivity contribution in [1.29, 1.82) is 0 Å². The third kappa shape index (κ3) is 1.85. The van der Waals surface area contributed by atoms with Crippen LogP contribution in [0.1, 0.15) is 29.5 Å². The fraction of sp³-hybridized carbons (Fsp3) is 0.444. The van der Waals surface area contributed by atoms with Gasteiger partial charge < -0.3 is 5.73 Å². The smallest absolute Gasteiger partial charge is 0.165 e. The van der Waals surface area contributed by atoms with E-state index in [1.165, 1.54) is 17.8 Å². The topological polar surface area (TPSA) is 69.6 Å². The molecule has 6 heteroatoms. The lowest BCUT2D eigenvalue weighted by atomic mass is 10.4. The standard InChI is InChI=1S/C9H11N5S/c10-8-3-11-14(13-8)4-7-5-15-9(12-7)6-1-2-6/h3,5-6H,1-2,4H2,(H2,10,13). The molecular formula is C9H11N5S. The molecule has 5 nitrogen and oxygen atoms in total. The number of thiazole rings is 1. The summed E-state index contributed by atoms with van der Waals surface area (Å²) in [6, 6.07) is 0. The molecule has 2 N–H and O–H groups in total. The molecule has 0 bridgehead atoms. The molecule has 0 unspecified atom stereocenters. The third-order valence-electron chi connectivity index (χ3n) is 2.35. The van der Waals surface area contributed by atoms with Gasteiger partial charge in [-0.15, -0.1) is 16.4 Å². The zero-order valence-electron chi connectivity index (χ0n) is 8.13. The Morgan fingerprint density at radius 3 is 3.07 bits per heavy atom. The van der Waals surface area contributed by atoms with Gasteiger partial charge in [-0.2, -0.15) is 9.90 Å². The Labute approximate surface area is 90.9 Å². The first kappa shape index (κ1) is 8.84. The van der Waals surface area contributed by atoms with Crippen LogP contribution in [0.5, 0.6) is 0 Å². The lowest BCUT2D eigenvalue weighted by Crippen LogP contribution is -2.04. The number of rotatable bonds is 3. The molecule has 2 aromatic heterocycles. The Balaban J connectivity index is 1.75. The molecule has 0 spiro atoms. The highest BCUT2D eigenvalue weighted by atomic mass is 32.1. The largest absolute Gasteiger partial charge is 0.381 e. The maximum Gasteiger partial charge on any atom is 0.165 e. The molecule has 1 aliphatic rings. The number of nitrogens with zero attached hydrogens (tertiary/aromatic N) is 4. The van der Waals surface area contributed by atoms with Gasteiger partial charge in [-0.25, -0.2) is 4.98 Å². The molecule has 78 valence electrons. The Morgan fingerprint density at radius 2 is 2.40 bits per heavy atom. The number of hydrogen-bond acceptors (Lipinski definition) is 5. The van der Waals surface area contributed by atoms with Crippen LogP contribution in [0.4, 0.5) is 5.82 Å². The summed E-state index contributed by atoms with van der Waals surface area (Å²) in [4.78, 5) is 6.12. The van der Waals surface area contributed by atoms with Crippen molar-refractivity contribution in [2.24, 2.45) is 0 Å². The first-order chi connectivity index (χ1) is 7.31. The van der Waals surface area contributed by atoms with Crippen molar-refractivity contribution < 1.29 is 0 Å². The van der Waals surface area contributed by atoms with Gasteiger partial charge in [0, 0.05) is 11.3 Å². The van der Waals surface area contributed by atoms with Gasteiger partial charge in [-0.05, 0) is 12.8 Å². The van der Waals surface area contributed by atoms with E-state index in [9.17, 15) is 0 Å². The van der Waals surface area contributed by atoms with Crippen LogP contribution in [0.2, 0.25) is 0 Å². The van der Waals surface area contributed by atoms with Gasteiger partial charge in [-0.1, -0.05) is 0 Å². The van der Waals surface area contributed by atoms with Crippen LogP contribution in [-0.2, 0) is 6.54 Å². The van der Waals surface area contributed by atoms with Gasteiger partial charge in [-0.3, -0.25) is 0 Å². The van der Waals surface area contributed by atoms with Crippen LogP contribution in [0.15, 0.2) is 11.6 Å². The second-order valence-electron chi connectivity index (χ2n) is 3.75. The minimum atomic E-state index is 0.452. The Bertz CT molecular complexity index is 470. The van der Waals surface area contributed by atoms with E-state index in [0.29, 0.717) is 12.4 Å². The van der Waals surface area contributed by atoms with Crippen molar-refractivity contribution in [3.63, 3.8) is 0 Å². The van der Waals surface area contributed by atoms with E-state index in [4.69, 9.17) is 5.73 Å². The summed E-state index contributed by atoms with van der Waals surface area (Å²) < 4.78 is 0. The Kier molecular flexibility index (Phi) is 1.95. The van der Waals surface area contributed by atoms with Gasteiger partial charge in [0.05, 0.1) is 16.9 Å². The number of nitrogen functional groups attached to an aromatic ring is 1.